The average Bonchev–Trinajstić information content (AvgIpc) is 2.76. The standard InChI is InChI=1S/C16H24N2O/c1-11-3-4-13(9-12(11)2)5-8-16(19)18-15-7-6-14(17)10-15/h3-4,9,14-15H,5-8,10,17H2,1-2H3,(H,18,19). The summed E-state index contributed by atoms with van der Waals surface area (Å²) in [5.41, 5.74) is 9.67. The van der Waals surface area contributed by atoms with Crippen LogP contribution in [-0.4, -0.2) is 18.0 Å². The van der Waals surface area contributed by atoms with Crippen LogP contribution in [0.3, 0.4) is 0 Å². The van der Waals surface area contributed by atoms with Crippen molar-refractivity contribution in [2.75, 3.05) is 0 Å². The van der Waals surface area contributed by atoms with Gasteiger partial charge in [-0.3, -0.25) is 4.79 Å². The van der Waals surface area contributed by atoms with E-state index in [2.05, 4.69) is 37.4 Å². The van der Waals surface area contributed by atoms with E-state index < -0.39 is 0 Å². The Bertz CT molecular complexity index is 456. The summed E-state index contributed by atoms with van der Waals surface area (Å²) in [6, 6.07) is 6.97. The van der Waals surface area contributed by atoms with Crippen molar-refractivity contribution in [3.8, 4) is 0 Å². The van der Waals surface area contributed by atoms with Crippen molar-refractivity contribution in [3.63, 3.8) is 0 Å². The molecule has 19 heavy (non-hydrogen) atoms. The van der Waals surface area contributed by atoms with Crippen molar-refractivity contribution in [2.24, 2.45) is 5.73 Å². The van der Waals surface area contributed by atoms with Gasteiger partial charge in [-0.15, -0.1) is 0 Å². The molecule has 1 aromatic rings. The summed E-state index contributed by atoms with van der Waals surface area (Å²) < 4.78 is 0. The third kappa shape index (κ3) is 4.06. The lowest BCUT2D eigenvalue weighted by atomic mass is 10.0. The first-order chi connectivity index (χ1) is 9.04. The van der Waals surface area contributed by atoms with Crippen LogP contribution in [0.1, 0.15) is 42.4 Å². The largest absolute Gasteiger partial charge is 0.353 e. The fourth-order valence-corrected chi connectivity index (χ4v) is 2.66. The minimum absolute atomic E-state index is 0.150. The van der Waals surface area contributed by atoms with Crippen molar-refractivity contribution in [1.82, 2.24) is 5.32 Å². The highest BCUT2D eigenvalue weighted by molar-refractivity contribution is 5.76. The topological polar surface area (TPSA) is 55.1 Å². The highest BCUT2D eigenvalue weighted by Gasteiger charge is 2.22. The molecule has 0 saturated heterocycles. The number of hydrogen-bond acceptors (Lipinski definition) is 2. The van der Waals surface area contributed by atoms with Gasteiger partial charge in [0.1, 0.15) is 0 Å². The highest BCUT2D eigenvalue weighted by Crippen LogP contribution is 2.17. The van der Waals surface area contributed by atoms with Crippen LogP contribution < -0.4 is 11.1 Å². The van der Waals surface area contributed by atoms with Crippen molar-refractivity contribution in [2.45, 2.75) is 58.0 Å². The number of amides is 1. The fourth-order valence-electron chi connectivity index (χ4n) is 2.66. The predicted molar refractivity (Wildman–Crippen MR) is 78.0 cm³/mol. The van der Waals surface area contributed by atoms with Crippen LogP contribution in [0.4, 0.5) is 0 Å². The molecule has 3 heteroatoms. The maximum Gasteiger partial charge on any atom is 0.220 e. The summed E-state index contributed by atoms with van der Waals surface area (Å²) in [4.78, 5) is 11.9. The van der Waals surface area contributed by atoms with E-state index in [9.17, 15) is 4.79 Å². The van der Waals surface area contributed by atoms with Gasteiger partial charge in [0.2, 0.25) is 5.91 Å². The number of nitrogens with two attached hydrogens (primary N) is 1. The van der Waals surface area contributed by atoms with Crippen LogP contribution in [0.15, 0.2) is 18.2 Å². The van der Waals surface area contributed by atoms with Crippen LogP contribution in [-0.2, 0) is 11.2 Å². The maximum atomic E-state index is 11.9. The fraction of sp³-hybridized carbons (Fsp3) is 0.562. The van der Waals surface area contributed by atoms with Crippen LogP contribution in [0.25, 0.3) is 0 Å². The number of aryl methyl sites for hydroxylation is 3. The van der Waals surface area contributed by atoms with Gasteiger partial charge in [-0.05, 0) is 56.2 Å². The molecule has 1 aliphatic carbocycles. The molecule has 1 saturated carbocycles. The molecule has 1 fully saturated rings. The molecule has 0 spiro atoms. The number of carbonyl (C=O) groups excluding carboxylic acids is 1. The minimum Gasteiger partial charge on any atom is -0.353 e. The normalized spacial score (nSPS) is 22.5. The molecule has 0 radical (unpaired) electrons. The Morgan fingerprint density at radius 3 is 2.74 bits per heavy atom. The summed E-state index contributed by atoms with van der Waals surface area (Å²) in [6.45, 7) is 4.22. The molecule has 3 nitrogen and oxygen atoms in total. The zero-order valence-electron chi connectivity index (χ0n) is 11.9. The molecule has 0 heterocycles. The Balaban J connectivity index is 1.78. The maximum absolute atomic E-state index is 11.9. The molecule has 0 bridgehead atoms. The van der Waals surface area contributed by atoms with Crippen molar-refractivity contribution < 1.29 is 4.79 Å². The third-order valence-corrected chi connectivity index (χ3v) is 4.05. The van der Waals surface area contributed by atoms with Crippen LogP contribution in [0.2, 0.25) is 0 Å². The molecular formula is C16H24N2O. The van der Waals surface area contributed by atoms with Crippen LogP contribution in [0, 0.1) is 13.8 Å². The Morgan fingerprint density at radius 1 is 1.32 bits per heavy atom. The Kier molecular flexibility index (Phi) is 4.59. The Labute approximate surface area is 115 Å². The van der Waals surface area contributed by atoms with Gasteiger partial charge in [0.25, 0.3) is 0 Å². The van der Waals surface area contributed by atoms with Crippen molar-refractivity contribution in [3.05, 3.63) is 34.9 Å². The van der Waals surface area contributed by atoms with Gasteiger partial charge >= 0.3 is 0 Å². The predicted octanol–water partition coefficient (Wildman–Crippen LogP) is 2.23. The summed E-state index contributed by atoms with van der Waals surface area (Å²) in [7, 11) is 0. The summed E-state index contributed by atoms with van der Waals surface area (Å²) >= 11 is 0. The van der Waals surface area contributed by atoms with Crippen LogP contribution in [0.5, 0.6) is 0 Å². The van der Waals surface area contributed by atoms with Crippen molar-refractivity contribution in [1.29, 1.82) is 0 Å². The van der Waals surface area contributed by atoms with Gasteiger partial charge in [0, 0.05) is 18.5 Å². The highest BCUT2D eigenvalue weighted by atomic mass is 16.1. The van der Waals surface area contributed by atoms with E-state index in [1.165, 1.54) is 16.7 Å². The summed E-state index contributed by atoms with van der Waals surface area (Å²) in [6.07, 6.45) is 4.36. The minimum atomic E-state index is 0.150. The molecule has 2 atom stereocenters. The number of benzene rings is 1. The molecule has 2 rings (SSSR count). The van der Waals surface area contributed by atoms with E-state index in [1.54, 1.807) is 0 Å². The molecule has 104 valence electrons. The molecule has 1 aromatic carbocycles. The molecule has 1 amide bonds. The zero-order chi connectivity index (χ0) is 13.8. The molecule has 1 aliphatic rings. The van der Waals surface area contributed by atoms with E-state index in [1.807, 2.05) is 0 Å². The molecule has 0 aromatic heterocycles. The van der Waals surface area contributed by atoms with E-state index >= 15 is 0 Å². The lowest BCUT2D eigenvalue weighted by molar-refractivity contribution is -0.121. The lowest BCUT2D eigenvalue weighted by Crippen LogP contribution is -2.34. The lowest BCUT2D eigenvalue weighted by Gasteiger charge is -2.12. The van der Waals surface area contributed by atoms with Gasteiger partial charge in [-0.1, -0.05) is 18.2 Å². The second-order valence-electron chi connectivity index (χ2n) is 5.76. The first-order valence-electron chi connectivity index (χ1n) is 7.15. The van der Waals surface area contributed by atoms with Gasteiger partial charge in [-0.2, -0.15) is 0 Å². The second-order valence-corrected chi connectivity index (χ2v) is 5.76. The van der Waals surface area contributed by atoms with Gasteiger partial charge < -0.3 is 11.1 Å². The quantitative estimate of drug-likeness (QED) is 0.872. The molecular weight excluding hydrogens is 236 g/mol. The van der Waals surface area contributed by atoms with E-state index in [0.717, 1.165) is 25.7 Å². The number of rotatable bonds is 4. The first kappa shape index (κ1) is 14.1. The van der Waals surface area contributed by atoms with E-state index in [-0.39, 0.29) is 11.9 Å². The summed E-state index contributed by atoms with van der Waals surface area (Å²) in [5, 5.41) is 3.09. The van der Waals surface area contributed by atoms with E-state index in [4.69, 9.17) is 5.73 Å². The monoisotopic (exact) mass is 260 g/mol. The van der Waals surface area contributed by atoms with Gasteiger partial charge in [-0.25, -0.2) is 0 Å². The van der Waals surface area contributed by atoms with Gasteiger partial charge in [0.15, 0.2) is 0 Å². The smallest absolute Gasteiger partial charge is 0.220 e. The number of hydrogen-bond donors (Lipinski definition) is 2. The second kappa shape index (κ2) is 6.20. The Morgan fingerprint density at radius 2 is 2.11 bits per heavy atom. The van der Waals surface area contributed by atoms with Crippen LogP contribution >= 0.6 is 0 Å². The zero-order valence-corrected chi connectivity index (χ0v) is 11.9. The number of nitrogens with one attached hydrogen (secondary N) is 1. The average molecular weight is 260 g/mol. The third-order valence-electron chi connectivity index (χ3n) is 4.05. The van der Waals surface area contributed by atoms with Gasteiger partial charge in [0.05, 0.1) is 0 Å². The van der Waals surface area contributed by atoms with Crippen molar-refractivity contribution >= 4 is 5.91 Å². The van der Waals surface area contributed by atoms with E-state index in [0.29, 0.717) is 12.5 Å². The SMILES string of the molecule is Cc1ccc(CCC(=O)NC2CCC(N)C2)cc1C. The summed E-state index contributed by atoms with van der Waals surface area (Å²) in [5.74, 6) is 0.150. The molecule has 0 aliphatic heterocycles. The molecule has 3 N–H and O–H groups in total. The Hall–Kier alpha value is -1.35. The number of carbonyl (C=O) groups is 1. The first-order valence-corrected chi connectivity index (χ1v) is 7.15. The molecule has 2 unspecified atom stereocenters.